The molecular formula is C32H37ClN2O4. The molecule has 1 aromatic heterocycles. The topological polar surface area (TPSA) is 79.9 Å². The van der Waals surface area contributed by atoms with Crippen LogP contribution in [0, 0.1) is 10.6 Å². The van der Waals surface area contributed by atoms with Crippen LogP contribution in [0.1, 0.15) is 68.5 Å². The minimum absolute atomic E-state index is 0.176. The Hall–Kier alpha value is -2.90. The van der Waals surface area contributed by atoms with Crippen molar-refractivity contribution in [3.05, 3.63) is 105 Å². The van der Waals surface area contributed by atoms with Gasteiger partial charge in [0.05, 0.1) is 16.8 Å². The standard InChI is InChI=1S/C32H37ClN2O4/c1-30(2)21-34(18-15-32(30,37)22-9-12-24(33)13-10-22)16-5-7-25-26-8-6-17-35(38)28(26)20-39-29-14-11-23(19-27(25)29)31(3,4)36/h6-14,17,19,36-37H,5,15-16,18,20-21H2,1-4H3. The Bertz CT molecular complexity index is 1390. The molecule has 0 amide bonds. The van der Waals surface area contributed by atoms with Crippen molar-refractivity contribution in [1.29, 1.82) is 0 Å². The molecule has 0 saturated carbocycles. The van der Waals surface area contributed by atoms with Crippen molar-refractivity contribution in [1.82, 2.24) is 4.90 Å². The van der Waals surface area contributed by atoms with Crippen LogP contribution in [0.15, 0.2) is 66.9 Å². The molecule has 3 aromatic rings. The zero-order valence-electron chi connectivity index (χ0n) is 23.1. The van der Waals surface area contributed by atoms with Gasteiger partial charge in [0.2, 0.25) is 5.69 Å². The van der Waals surface area contributed by atoms with Gasteiger partial charge in [0, 0.05) is 41.7 Å². The Morgan fingerprint density at radius 3 is 2.56 bits per heavy atom. The predicted molar refractivity (Wildman–Crippen MR) is 153 cm³/mol. The lowest BCUT2D eigenvalue weighted by molar-refractivity contribution is -0.616. The summed E-state index contributed by atoms with van der Waals surface area (Å²) in [4.78, 5) is 2.39. The van der Waals surface area contributed by atoms with Crippen molar-refractivity contribution >= 4 is 17.2 Å². The molecule has 2 aromatic carbocycles. The number of nitrogens with zero attached hydrogens (tertiary/aromatic N) is 2. The normalized spacial score (nSPS) is 22.1. The van der Waals surface area contributed by atoms with Gasteiger partial charge in [0.25, 0.3) is 0 Å². The molecule has 6 nitrogen and oxygen atoms in total. The molecule has 0 bridgehead atoms. The highest BCUT2D eigenvalue weighted by Crippen LogP contribution is 2.46. The minimum atomic E-state index is -1.01. The maximum absolute atomic E-state index is 12.7. The van der Waals surface area contributed by atoms with E-state index in [1.165, 1.54) is 6.20 Å². The lowest BCUT2D eigenvalue weighted by Crippen LogP contribution is -2.55. The molecular weight excluding hydrogens is 512 g/mol. The van der Waals surface area contributed by atoms with E-state index in [1.54, 1.807) is 19.9 Å². The number of fused-ring (bicyclic) bond motifs is 2. The number of hydrogen-bond donors (Lipinski definition) is 2. The summed E-state index contributed by atoms with van der Waals surface area (Å²) in [5.74, 6) is 0.692. The quantitative estimate of drug-likeness (QED) is 0.323. The zero-order valence-corrected chi connectivity index (χ0v) is 23.8. The van der Waals surface area contributed by atoms with Crippen molar-refractivity contribution < 1.29 is 19.7 Å². The fourth-order valence-electron chi connectivity index (χ4n) is 5.94. The molecule has 0 aliphatic carbocycles. The van der Waals surface area contributed by atoms with Crippen LogP contribution in [0.4, 0.5) is 0 Å². The van der Waals surface area contributed by atoms with Crippen LogP contribution in [0.5, 0.6) is 5.75 Å². The second-order valence-corrected chi connectivity index (χ2v) is 12.4. The van der Waals surface area contributed by atoms with Gasteiger partial charge >= 0.3 is 0 Å². The Morgan fingerprint density at radius 2 is 1.87 bits per heavy atom. The molecule has 2 aliphatic rings. The first kappa shape index (κ1) is 27.7. The average Bonchev–Trinajstić information content (AvgIpc) is 3.03. The molecule has 1 saturated heterocycles. The molecule has 0 radical (unpaired) electrons. The average molecular weight is 549 g/mol. The van der Waals surface area contributed by atoms with Crippen molar-refractivity contribution in [2.75, 3.05) is 19.6 Å². The molecule has 1 fully saturated rings. The van der Waals surface area contributed by atoms with E-state index in [-0.39, 0.29) is 12.0 Å². The van der Waals surface area contributed by atoms with E-state index in [0.29, 0.717) is 22.9 Å². The molecule has 5 rings (SSSR count). The summed E-state index contributed by atoms with van der Waals surface area (Å²) in [7, 11) is 0. The van der Waals surface area contributed by atoms with Crippen LogP contribution in [0.25, 0.3) is 5.57 Å². The summed E-state index contributed by atoms with van der Waals surface area (Å²) in [6.07, 6.45) is 5.05. The Balaban J connectivity index is 1.41. The van der Waals surface area contributed by atoms with Gasteiger partial charge in [-0.2, -0.15) is 4.73 Å². The number of piperidine rings is 1. The van der Waals surface area contributed by atoms with Crippen molar-refractivity contribution in [2.24, 2.45) is 5.41 Å². The first-order valence-corrected chi connectivity index (χ1v) is 13.9. The maximum Gasteiger partial charge on any atom is 0.238 e. The van der Waals surface area contributed by atoms with Crippen LogP contribution >= 0.6 is 11.6 Å². The highest BCUT2D eigenvalue weighted by Gasteiger charge is 2.48. The smallest absolute Gasteiger partial charge is 0.238 e. The van der Waals surface area contributed by atoms with Gasteiger partial charge in [-0.05, 0) is 73.7 Å². The number of aliphatic hydroxyl groups is 2. The van der Waals surface area contributed by atoms with Gasteiger partial charge in [-0.15, -0.1) is 0 Å². The number of likely N-dealkylation sites (tertiary alicyclic amines) is 1. The third-order valence-corrected chi connectivity index (χ3v) is 8.59. The van der Waals surface area contributed by atoms with E-state index >= 15 is 0 Å². The van der Waals surface area contributed by atoms with Crippen molar-refractivity contribution in [3.63, 3.8) is 0 Å². The lowest BCUT2D eigenvalue weighted by Gasteiger charge is -2.50. The van der Waals surface area contributed by atoms with E-state index in [9.17, 15) is 15.4 Å². The highest BCUT2D eigenvalue weighted by atomic mass is 35.5. The van der Waals surface area contributed by atoms with Crippen LogP contribution in [-0.2, 0) is 17.8 Å². The maximum atomic E-state index is 12.7. The number of rotatable bonds is 5. The number of pyridine rings is 1. The molecule has 2 aliphatic heterocycles. The zero-order chi connectivity index (χ0) is 28.0. The fraction of sp³-hybridized carbons (Fsp3) is 0.406. The van der Waals surface area contributed by atoms with Gasteiger partial charge in [-0.25, -0.2) is 0 Å². The van der Waals surface area contributed by atoms with Crippen LogP contribution in [-0.4, -0.2) is 34.7 Å². The SMILES string of the molecule is CC(C)(O)c1ccc2c(c1)C(=CCCN1CCC(O)(c3ccc(Cl)cc3)C(C)(C)C1)c1ccc[n+]([O-])c1CO2. The predicted octanol–water partition coefficient (Wildman–Crippen LogP) is 5.53. The summed E-state index contributed by atoms with van der Waals surface area (Å²) < 4.78 is 6.93. The summed E-state index contributed by atoms with van der Waals surface area (Å²) in [6.45, 7) is 10.3. The Kier molecular flexibility index (Phi) is 7.27. The van der Waals surface area contributed by atoms with E-state index in [1.807, 2.05) is 48.5 Å². The Labute approximate surface area is 235 Å². The molecule has 39 heavy (non-hydrogen) atoms. The summed E-state index contributed by atoms with van der Waals surface area (Å²) in [5, 5.41) is 35.7. The lowest BCUT2D eigenvalue weighted by atomic mass is 9.66. The van der Waals surface area contributed by atoms with E-state index in [4.69, 9.17) is 16.3 Å². The number of benzene rings is 2. The molecule has 2 N–H and O–H groups in total. The number of hydrogen-bond acceptors (Lipinski definition) is 5. The third-order valence-electron chi connectivity index (χ3n) is 8.34. The largest absolute Gasteiger partial charge is 0.618 e. The van der Waals surface area contributed by atoms with E-state index in [0.717, 1.165) is 58.6 Å². The first-order chi connectivity index (χ1) is 18.4. The fourth-order valence-corrected chi connectivity index (χ4v) is 6.06. The second-order valence-electron chi connectivity index (χ2n) is 11.9. The number of aromatic nitrogens is 1. The molecule has 206 valence electrons. The monoisotopic (exact) mass is 548 g/mol. The Morgan fingerprint density at radius 1 is 1.13 bits per heavy atom. The minimum Gasteiger partial charge on any atom is -0.618 e. The van der Waals surface area contributed by atoms with Crippen LogP contribution in [0.2, 0.25) is 5.02 Å². The molecule has 7 heteroatoms. The molecule has 1 atom stereocenters. The van der Waals surface area contributed by atoms with E-state index < -0.39 is 11.2 Å². The summed E-state index contributed by atoms with van der Waals surface area (Å²) >= 11 is 6.09. The highest BCUT2D eigenvalue weighted by molar-refractivity contribution is 6.30. The number of ether oxygens (including phenoxy) is 1. The second kappa shape index (κ2) is 10.3. The summed E-state index contributed by atoms with van der Waals surface area (Å²) in [6, 6.07) is 17.0. The molecule has 1 unspecified atom stereocenters. The molecule has 3 heterocycles. The number of halogens is 1. The summed E-state index contributed by atoms with van der Waals surface area (Å²) in [5.41, 5.74) is 2.59. The van der Waals surface area contributed by atoms with Crippen LogP contribution in [0.3, 0.4) is 0 Å². The van der Waals surface area contributed by atoms with Crippen molar-refractivity contribution in [2.45, 2.75) is 58.3 Å². The van der Waals surface area contributed by atoms with Crippen molar-refractivity contribution in [3.8, 4) is 5.75 Å². The van der Waals surface area contributed by atoms with Gasteiger partial charge < -0.3 is 25.1 Å². The van der Waals surface area contributed by atoms with Gasteiger partial charge in [0.15, 0.2) is 12.8 Å². The van der Waals surface area contributed by atoms with E-state index in [2.05, 4.69) is 24.8 Å². The first-order valence-electron chi connectivity index (χ1n) is 13.5. The van der Waals surface area contributed by atoms with Gasteiger partial charge in [-0.1, -0.05) is 49.7 Å². The van der Waals surface area contributed by atoms with Gasteiger partial charge in [0.1, 0.15) is 5.75 Å². The third kappa shape index (κ3) is 5.31. The van der Waals surface area contributed by atoms with Gasteiger partial charge in [-0.3, -0.25) is 0 Å². The van der Waals surface area contributed by atoms with Crippen LogP contribution < -0.4 is 9.47 Å². The molecule has 0 spiro atoms.